The lowest BCUT2D eigenvalue weighted by Gasteiger charge is -2.30. The molecule has 2 aliphatic rings. The minimum Gasteiger partial charge on any atom is -0.495 e. The van der Waals surface area contributed by atoms with E-state index in [1.54, 1.807) is 18.1 Å². The van der Waals surface area contributed by atoms with Crippen molar-refractivity contribution < 1.29 is 23.8 Å². The summed E-state index contributed by atoms with van der Waals surface area (Å²) in [6, 6.07) is 13.4. The van der Waals surface area contributed by atoms with Gasteiger partial charge in [0.15, 0.2) is 11.5 Å². The molecular weight excluding hydrogens is 410 g/mol. The molecule has 0 aromatic heterocycles. The van der Waals surface area contributed by atoms with Crippen molar-refractivity contribution in [3.05, 3.63) is 48.0 Å². The van der Waals surface area contributed by atoms with E-state index in [1.807, 2.05) is 36.4 Å². The number of benzene rings is 2. The van der Waals surface area contributed by atoms with Gasteiger partial charge in [0.1, 0.15) is 19.0 Å². The molecule has 4 rings (SSSR count). The van der Waals surface area contributed by atoms with Crippen LogP contribution in [0.4, 0.5) is 5.69 Å². The Bertz CT molecular complexity index is 980. The predicted octanol–water partition coefficient (Wildman–Crippen LogP) is 2.51. The van der Waals surface area contributed by atoms with E-state index in [2.05, 4.69) is 4.90 Å². The number of primary amides is 1. The molecule has 0 aliphatic carbocycles. The first-order valence-electron chi connectivity index (χ1n) is 10.9. The van der Waals surface area contributed by atoms with E-state index in [9.17, 15) is 9.59 Å². The van der Waals surface area contributed by atoms with Crippen LogP contribution in [0.25, 0.3) is 0 Å². The number of likely N-dealkylation sites (tertiary alicyclic amines) is 1. The standard InChI is InChI=1S/C24H29N3O5/c1-30-20-7-3-2-5-19(20)27(12-10-23(25)28)24(29)16-26-11-4-6-18(26)17-8-9-21-22(15-17)32-14-13-31-21/h2-3,5,7-9,15,18H,4,6,10-14,16H2,1H3,(H2,25,28)/t18-/m0/s1. The van der Waals surface area contributed by atoms with Crippen LogP contribution in [0.5, 0.6) is 17.2 Å². The average Bonchev–Trinajstić information content (AvgIpc) is 3.27. The van der Waals surface area contributed by atoms with Gasteiger partial charge in [-0.2, -0.15) is 0 Å². The molecule has 2 aromatic carbocycles. The lowest BCUT2D eigenvalue weighted by Crippen LogP contribution is -2.41. The zero-order valence-corrected chi connectivity index (χ0v) is 18.3. The van der Waals surface area contributed by atoms with Crippen molar-refractivity contribution in [2.24, 2.45) is 5.73 Å². The molecule has 32 heavy (non-hydrogen) atoms. The van der Waals surface area contributed by atoms with Crippen LogP contribution in [0.1, 0.15) is 30.9 Å². The summed E-state index contributed by atoms with van der Waals surface area (Å²) in [5.41, 5.74) is 7.11. The summed E-state index contributed by atoms with van der Waals surface area (Å²) in [4.78, 5) is 28.6. The fourth-order valence-corrected chi connectivity index (χ4v) is 4.37. The molecule has 2 aromatic rings. The third-order valence-corrected chi connectivity index (χ3v) is 5.91. The van der Waals surface area contributed by atoms with Gasteiger partial charge in [-0.25, -0.2) is 0 Å². The van der Waals surface area contributed by atoms with Crippen LogP contribution in [0.15, 0.2) is 42.5 Å². The van der Waals surface area contributed by atoms with Crippen molar-refractivity contribution in [2.75, 3.05) is 44.9 Å². The number of amides is 2. The second kappa shape index (κ2) is 9.91. The Morgan fingerprint density at radius 1 is 1.16 bits per heavy atom. The summed E-state index contributed by atoms with van der Waals surface area (Å²) >= 11 is 0. The normalized spacial score (nSPS) is 17.7. The molecule has 0 unspecified atom stereocenters. The molecule has 1 saturated heterocycles. The zero-order valence-electron chi connectivity index (χ0n) is 18.3. The van der Waals surface area contributed by atoms with Crippen molar-refractivity contribution in [3.63, 3.8) is 0 Å². The first-order valence-corrected chi connectivity index (χ1v) is 10.9. The van der Waals surface area contributed by atoms with Crippen LogP contribution < -0.4 is 24.8 Å². The van der Waals surface area contributed by atoms with Crippen LogP contribution in [0.2, 0.25) is 0 Å². The maximum atomic E-state index is 13.4. The Labute approximate surface area is 187 Å². The molecule has 0 bridgehead atoms. The topological polar surface area (TPSA) is 94.3 Å². The molecule has 1 atom stereocenters. The summed E-state index contributed by atoms with van der Waals surface area (Å²) in [6.07, 6.45) is 2.04. The number of anilines is 1. The Morgan fingerprint density at radius 3 is 2.72 bits per heavy atom. The van der Waals surface area contributed by atoms with Gasteiger partial charge in [-0.3, -0.25) is 14.5 Å². The van der Waals surface area contributed by atoms with Crippen LogP contribution in [0.3, 0.4) is 0 Å². The van der Waals surface area contributed by atoms with Crippen LogP contribution in [-0.2, 0) is 9.59 Å². The lowest BCUT2D eigenvalue weighted by molar-refractivity contribution is -0.120. The van der Waals surface area contributed by atoms with Gasteiger partial charge < -0.3 is 24.8 Å². The number of methoxy groups -OCH3 is 1. The number of para-hydroxylation sites is 2. The molecule has 1 fully saturated rings. The maximum absolute atomic E-state index is 13.4. The molecule has 0 radical (unpaired) electrons. The van der Waals surface area contributed by atoms with Crippen molar-refractivity contribution in [1.82, 2.24) is 4.90 Å². The van der Waals surface area contributed by atoms with E-state index in [0.29, 0.717) is 24.7 Å². The molecule has 2 aliphatic heterocycles. The van der Waals surface area contributed by atoms with E-state index in [4.69, 9.17) is 19.9 Å². The highest BCUT2D eigenvalue weighted by Crippen LogP contribution is 2.38. The Kier molecular flexibility index (Phi) is 6.80. The first-order chi connectivity index (χ1) is 15.6. The minimum atomic E-state index is -0.451. The molecule has 0 spiro atoms. The van der Waals surface area contributed by atoms with Crippen LogP contribution in [-0.4, -0.2) is 56.7 Å². The zero-order chi connectivity index (χ0) is 22.5. The van der Waals surface area contributed by atoms with Gasteiger partial charge in [0.2, 0.25) is 11.8 Å². The Balaban J connectivity index is 1.53. The number of rotatable bonds is 8. The lowest BCUT2D eigenvalue weighted by atomic mass is 10.0. The van der Waals surface area contributed by atoms with Crippen molar-refractivity contribution in [3.8, 4) is 17.2 Å². The van der Waals surface area contributed by atoms with Crippen molar-refractivity contribution in [2.45, 2.75) is 25.3 Å². The van der Waals surface area contributed by atoms with Crippen molar-refractivity contribution in [1.29, 1.82) is 0 Å². The second-order valence-electron chi connectivity index (χ2n) is 7.97. The summed E-state index contributed by atoms with van der Waals surface area (Å²) < 4.78 is 16.8. The Morgan fingerprint density at radius 2 is 1.94 bits per heavy atom. The molecule has 2 N–H and O–H groups in total. The molecule has 2 amide bonds. The Hall–Kier alpha value is -3.26. The van der Waals surface area contributed by atoms with Gasteiger partial charge in [-0.15, -0.1) is 0 Å². The van der Waals surface area contributed by atoms with Gasteiger partial charge >= 0.3 is 0 Å². The second-order valence-corrected chi connectivity index (χ2v) is 7.97. The summed E-state index contributed by atoms with van der Waals surface area (Å²) in [5.74, 6) is 1.54. The maximum Gasteiger partial charge on any atom is 0.241 e. The summed E-state index contributed by atoms with van der Waals surface area (Å²) in [6.45, 7) is 2.35. The molecule has 2 heterocycles. The van der Waals surface area contributed by atoms with Gasteiger partial charge in [0.05, 0.1) is 19.3 Å². The third kappa shape index (κ3) is 4.80. The van der Waals surface area contributed by atoms with Gasteiger partial charge in [-0.1, -0.05) is 18.2 Å². The number of nitrogens with zero attached hydrogens (tertiary/aromatic N) is 2. The van der Waals surface area contributed by atoms with Gasteiger partial charge in [0.25, 0.3) is 0 Å². The molecule has 0 saturated carbocycles. The fraction of sp³-hybridized carbons (Fsp3) is 0.417. The van der Waals surface area contributed by atoms with Crippen LogP contribution >= 0.6 is 0 Å². The molecular formula is C24H29N3O5. The number of carbonyl (C=O) groups excluding carboxylic acids is 2. The smallest absolute Gasteiger partial charge is 0.241 e. The highest BCUT2D eigenvalue weighted by molar-refractivity contribution is 5.96. The summed E-state index contributed by atoms with van der Waals surface area (Å²) in [7, 11) is 1.56. The first kappa shape index (κ1) is 22.0. The average molecular weight is 440 g/mol. The number of nitrogens with two attached hydrogens (primary N) is 1. The van der Waals surface area contributed by atoms with E-state index in [-0.39, 0.29) is 31.5 Å². The van der Waals surface area contributed by atoms with E-state index < -0.39 is 5.91 Å². The highest BCUT2D eigenvalue weighted by atomic mass is 16.6. The van der Waals surface area contributed by atoms with Gasteiger partial charge in [-0.05, 0) is 49.2 Å². The fourth-order valence-electron chi connectivity index (χ4n) is 4.37. The molecule has 8 nitrogen and oxygen atoms in total. The number of ether oxygens (including phenoxy) is 3. The number of hydrogen-bond donors (Lipinski definition) is 1. The van der Waals surface area contributed by atoms with E-state index in [1.165, 1.54) is 0 Å². The highest BCUT2D eigenvalue weighted by Gasteiger charge is 2.31. The quantitative estimate of drug-likeness (QED) is 0.679. The molecule has 8 heteroatoms. The predicted molar refractivity (Wildman–Crippen MR) is 120 cm³/mol. The largest absolute Gasteiger partial charge is 0.495 e. The summed E-state index contributed by atoms with van der Waals surface area (Å²) in [5, 5.41) is 0. The van der Waals surface area contributed by atoms with E-state index in [0.717, 1.165) is 36.4 Å². The van der Waals surface area contributed by atoms with Gasteiger partial charge in [0, 0.05) is 19.0 Å². The SMILES string of the molecule is COc1ccccc1N(CCC(N)=O)C(=O)CN1CCC[C@H]1c1ccc2c(c1)OCCO2. The minimum absolute atomic E-state index is 0.0787. The monoisotopic (exact) mass is 439 g/mol. The van der Waals surface area contributed by atoms with Crippen molar-refractivity contribution >= 4 is 17.5 Å². The third-order valence-electron chi connectivity index (χ3n) is 5.91. The van der Waals surface area contributed by atoms with Crippen LogP contribution in [0, 0.1) is 0 Å². The van der Waals surface area contributed by atoms with E-state index >= 15 is 0 Å². The molecule has 170 valence electrons. The number of hydrogen-bond acceptors (Lipinski definition) is 6. The number of fused-ring (bicyclic) bond motifs is 1. The number of carbonyl (C=O) groups is 2.